The summed E-state index contributed by atoms with van der Waals surface area (Å²) in [5.41, 5.74) is 6.94. The molecule has 3 heteroatoms. The Kier molecular flexibility index (Phi) is 4.52. The van der Waals surface area contributed by atoms with E-state index in [4.69, 9.17) is 10.5 Å². The lowest BCUT2D eigenvalue weighted by Gasteiger charge is -2.22. The monoisotopic (exact) mass is 239 g/mol. The Hall–Kier alpha value is -1.09. The van der Waals surface area contributed by atoms with Crippen molar-refractivity contribution in [3.63, 3.8) is 0 Å². The summed E-state index contributed by atoms with van der Waals surface area (Å²) in [6, 6.07) is 3.76. The van der Waals surface area contributed by atoms with Gasteiger partial charge < -0.3 is 10.5 Å². The van der Waals surface area contributed by atoms with Crippen LogP contribution in [-0.2, 0) is 12.1 Å². The third kappa shape index (κ3) is 3.19. The summed E-state index contributed by atoms with van der Waals surface area (Å²) < 4.78 is 19.5. The van der Waals surface area contributed by atoms with Gasteiger partial charge in [-0.15, -0.1) is 0 Å². The molecule has 0 aromatic heterocycles. The number of benzene rings is 1. The highest BCUT2D eigenvalue weighted by molar-refractivity contribution is 5.48. The van der Waals surface area contributed by atoms with Crippen molar-refractivity contribution in [1.29, 1.82) is 0 Å². The molecule has 0 aliphatic rings. The second-order valence-corrected chi connectivity index (χ2v) is 4.81. The number of methoxy groups -OCH3 is 1. The molecule has 2 N–H and O–H groups in total. The largest absolute Gasteiger partial charge is 0.496 e. The summed E-state index contributed by atoms with van der Waals surface area (Å²) in [6.45, 7) is 5.75. The van der Waals surface area contributed by atoms with E-state index >= 15 is 0 Å². The zero-order chi connectivity index (χ0) is 13.1. The average Bonchev–Trinajstić information content (AvgIpc) is 2.25. The predicted octanol–water partition coefficient (Wildman–Crippen LogP) is 3.10. The van der Waals surface area contributed by atoms with E-state index in [1.165, 1.54) is 0 Å². The highest BCUT2D eigenvalue weighted by atomic mass is 19.1. The van der Waals surface area contributed by atoms with E-state index < -0.39 is 5.67 Å². The van der Waals surface area contributed by atoms with E-state index in [0.29, 0.717) is 17.9 Å². The van der Waals surface area contributed by atoms with Gasteiger partial charge >= 0.3 is 0 Å². The van der Waals surface area contributed by atoms with Gasteiger partial charge in [0.25, 0.3) is 0 Å². The average molecular weight is 239 g/mol. The van der Waals surface area contributed by atoms with Crippen LogP contribution in [0.4, 0.5) is 4.39 Å². The SMILES string of the molecule is COc1c(C(C)(C)F)ccc(C)c1CCCN. The lowest BCUT2D eigenvalue weighted by atomic mass is 9.92. The van der Waals surface area contributed by atoms with Crippen molar-refractivity contribution in [2.75, 3.05) is 13.7 Å². The summed E-state index contributed by atoms with van der Waals surface area (Å²) in [5, 5.41) is 0. The molecule has 0 aliphatic carbocycles. The summed E-state index contributed by atoms with van der Waals surface area (Å²) >= 11 is 0. The molecule has 96 valence electrons. The van der Waals surface area contributed by atoms with Crippen LogP contribution in [0.2, 0.25) is 0 Å². The molecule has 0 saturated carbocycles. The van der Waals surface area contributed by atoms with Crippen LogP contribution in [0.3, 0.4) is 0 Å². The van der Waals surface area contributed by atoms with Crippen LogP contribution in [0.25, 0.3) is 0 Å². The van der Waals surface area contributed by atoms with Gasteiger partial charge in [-0.25, -0.2) is 4.39 Å². The fourth-order valence-electron chi connectivity index (χ4n) is 2.02. The van der Waals surface area contributed by atoms with Gasteiger partial charge in [-0.3, -0.25) is 0 Å². The van der Waals surface area contributed by atoms with Gasteiger partial charge in [0.05, 0.1) is 7.11 Å². The molecule has 1 rings (SSSR count). The number of aryl methyl sites for hydroxylation is 1. The van der Waals surface area contributed by atoms with Crippen LogP contribution in [0.1, 0.15) is 37.0 Å². The number of hydrogen-bond acceptors (Lipinski definition) is 2. The Bertz CT molecular complexity index is 383. The molecule has 0 amide bonds. The van der Waals surface area contributed by atoms with Crippen LogP contribution in [0.15, 0.2) is 12.1 Å². The predicted molar refractivity (Wildman–Crippen MR) is 69.2 cm³/mol. The Morgan fingerprint density at radius 2 is 2.00 bits per heavy atom. The first-order valence-electron chi connectivity index (χ1n) is 5.97. The van der Waals surface area contributed by atoms with Crippen molar-refractivity contribution in [2.24, 2.45) is 5.73 Å². The number of alkyl halides is 1. The Morgan fingerprint density at radius 3 is 2.47 bits per heavy atom. The van der Waals surface area contributed by atoms with Crippen molar-refractivity contribution >= 4 is 0 Å². The molecule has 0 spiro atoms. The highest BCUT2D eigenvalue weighted by Gasteiger charge is 2.25. The zero-order valence-electron chi connectivity index (χ0n) is 11.1. The Morgan fingerprint density at radius 1 is 1.35 bits per heavy atom. The molecule has 0 bridgehead atoms. The molecule has 0 radical (unpaired) electrons. The molecule has 0 heterocycles. The second-order valence-electron chi connectivity index (χ2n) is 4.81. The topological polar surface area (TPSA) is 35.2 Å². The van der Waals surface area contributed by atoms with E-state index in [9.17, 15) is 4.39 Å². The summed E-state index contributed by atoms with van der Waals surface area (Å²) in [6.07, 6.45) is 1.71. The fourth-order valence-corrected chi connectivity index (χ4v) is 2.02. The smallest absolute Gasteiger partial charge is 0.134 e. The second kappa shape index (κ2) is 5.50. The third-order valence-electron chi connectivity index (χ3n) is 2.97. The van der Waals surface area contributed by atoms with Crippen LogP contribution in [0.5, 0.6) is 5.75 Å². The minimum atomic E-state index is -1.39. The number of halogens is 1. The molecule has 2 nitrogen and oxygen atoms in total. The zero-order valence-corrected chi connectivity index (χ0v) is 11.1. The summed E-state index contributed by atoms with van der Waals surface area (Å²) in [7, 11) is 1.59. The molecular weight excluding hydrogens is 217 g/mol. The van der Waals surface area contributed by atoms with Crippen LogP contribution in [-0.4, -0.2) is 13.7 Å². The van der Waals surface area contributed by atoms with Gasteiger partial charge in [0.15, 0.2) is 0 Å². The lowest BCUT2D eigenvalue weighted by molar-refractivity contribution is 0.213. The van der Waals surface area contributed by atoms with Gasteiger partial charge in [-0.2, -0.15) is 0 Å². The van der Waals surface area contributed by atoms with E-state index in [0.717, 1.165) is 24.0 Å². The number of ether oxygens (including phenoxy) is 1. The highest BCUT2D eigenvalue weighted by Crippen LogP contribution is 2.37. The quantitative estimate of drug-likeness (QED) is 0.857. The minimum Gasteiger partial charge on any atom is -0.496 e. The van der Waals surface area contributed by atoms with Gasteiger partial charge in [0.1, 0.15) is 11.4 Å². The van der Waals surface area contributed by atoms with Crippen molar-refractivity contribution in [3.8, 4) is 5.75 Å². The minimum absolute atomic E-state index is 0.609. The lowest BCUT2D eigenvalue weighted by Crippen LogP contribution is -2.13. The van der Waals surface area contributed by atoms with Gasteiger partial charge in [-0.1, -0.05) is 12.1 Å². The van der Waals surface area contributed by atoms with Crippen molar-refractivity contribution in [2.45, 2.75) is 39.3 Å². The number of hydrogen-bond donors (Lipinski definition) is 1. The van der Waals surface area contributed by atoms with Crippen LogP contribution >= 0.6 is 0 Å². The number of rotatable bonds is 5. The first-order chi connectivity index (χ1) is 7.91. The first-order valence-corrected chi connectivity index (χ1v) is 5.97. The molecule has 17 heavy (non-hydrogen) atoms. The van der Waals surface area contributed by atoms with Crippen LogP contribution in [0, 0.1) is 6.92 Å². The van der Waals surface area contributed by atoms with Gasteiger partial charge in [0, 0.05) is 5.56 Å². The van der Waals surface area contributed by atoms with Crippen molar-refractivity contribution < 1.29 is 9.13 Å². The molecule has 0 unspecified atom stereocenters. The Labute approximate surface area is 103 Å². The Balaban J connectivity index is 3.26. The van der Waals surface area contributed by atoms with E-state index in [2.05, 4.69) is 0 Å². The van der Waals surface area contributed by atoms with Gasteiger partial charge in [0.2, 0.25) is 0 Å². The van der Waals surface area contributed by atoms with Gasteiger partial charge in [-0.05, 0) is 51.3 Å². The maximum Gasteiger partial charge on any atom is 0.134 e. The molecule has 0 aliphatic heterocycles. The maximum atomic E-state index is 14.1. The summed E-state index contributed by atoms with van der Waals surface area (Å²) in [5.74, 6) is 0.672. The normalized spacial score (nSPS) is 11.6. The standard InChI is InChI=1S/C14H22FNO/c1-10-7-8-12(14(2,3)15)13(17-4)11(10)6-5-9-16/h7-8H,5-6,9,16H2,1-4H3. The third-order valence-corrected chi connectivity index (χ3v) is 2.97. The fraction of sp³-hybridized carbons (Fsp3) is 0.571. The molecule has 1 aromatic rings. The summed E-state index contributed by atoms with van der Waals surface area (Å²) in [4.78, 5) is 0. The van der Waals surface area contributed by atoms with E-state index in [1.54, 1.807) is 27.0 Å². The number of nitrogens with two attached hydrogens (primary N) is 1. The molecule has 1 aromatic carbocycles. The van der Waals surface area contributed by atoms with E-state index in [1.807, 2.05) is 13.0 Å². The molecule has 0 saturated heterocycles. The maximum absolute atomic E-state index is 14.1. The molecular formula is C14H22FNO. The molecule has 0 atom stereocenters. The van der Waals surface area contributed by atoms with Crippen molar-refractivity contribution in [1.82, 2.24) is 0 Å². The van der Waals surface area contributed by atoms with E-state index in [-0.39, 0.29) is 0 Å². The van der Waals surface area contributed by atoms with Crippen LogP contribution < -0.4 is 10.5 Å². The first kappa shape index (κ1) is 14.0. The molecule has 0 fully saturated rings. The van der Waals surface area contributed by atoms with Crippen molar-refractivity contribution in [3.05, 3.63) is 28.8 Å².